The van der Waals surface area contributed by atoms with Crippen LogP contribution in [0, 0.1) is 6.92 Å². The van der Waals surface area contributed by atoms with E-state index in [0.717, 1.165) is 45.4 Å². The van der Waals surface area contributed by atoms with Crippen LogP contribution in [-0.2, 0) is 11.3 Å². The number of nitrogens with zero attached hydrogens (tertiary/aromatic N) is 3. The first kappa shape index (κ1) is 21.9. The summed E-state index contributed by atoms with van der Waals surface area (Å²) >= 11 is 1.58. The standard InChI is InChI=1S/C25H26N4O2S/c1-3-4-16-31-25(30)26-17-21-24(19-12-10-18(2)11-13-19)27-22-14-15-23(28-29(21)22)32-20-8-6-5-7-9-20/h5-15H,3-4,16-17H2,1-2H3,(H,26,30). The average molecular weight is 447 g/mol. The van der Waals surface area contributed by atoms with E-state index >= 15 is 0 Å². The molecule has 2 heterocycles. The molecule has 0 saturated carbocycles. The monoisotopic (exact) mass is 446 g/mol. The number of unbranched alkanes of at least 4 members (excludes halogenated alkanes) is 1. The molecule has 6 nitrogen and oxygen atoms in total. The quantitative estimate of drug-likeness (QED) is 0.342. The zero-order valence-corrected chi connectivity index (χ0v) is 19.1. The first-order chi connectivity index (χ1) is 15.6. The third-order valence-corrected chi connectivity index (χ3v) is 5.90. The van der Waals surface area contributed by atoms with Crippen LogP contribution in [0.5, 0.6) is 0 Å². The van der Waals surface area contributed by atoms with Crippen molar-refractivity contribution >= 4 is 23.5 Å². The number of imidazole rings is 1. The number of rotatable bonds is 8. The molecule has 0 bridgehead atoms. The number of benzene rings is 2. The molecule has 0 atom stereocenters. The lowest BCUT2D eigenvalue weighted by molar-refractivity contribution is 0.144. The summed E-state index contributed by atoms with van der Waals surface area (Å²) in [5.74, 6) is 0. The van der Waals surface area contributed by atoms with Gasteiger partial charge in [0.05, 0.1) is 24.5 Å². The van der Waals surface area contributed by atoms with Crippen molar-refractivity contribution in [1.29, 1.82) is 0 Å². The molecule has 0 aliphatic rings. The lowest BCUT2D eigenvalue weighted by Crippen LogP contribution is -2.25. The van der Waals surface area contributed by atoms with Gasteiger partial charge in [-0.3, -0.25) is 0 Å². The fourth-order valence-corrected chi connectivity index (χ4v) is 4.04. The minimum atomic E-state index is -0.432. The molecule has 2 aromatic heterocycles. The van der Waals surface area contributed by atoms with Crippen LogP contribution < -0.4 is 5.32 Å². The molecule has 0 aliphatic carbocycles. The summed E-state index contributed by atoms with van der Waals surface area (Å²) < 4.78 is 7.06. The van der Waals surface area contributed by atoms with Gasteiger partial charge in [0.25, 0.3) is 0 Å². The van der Waals surface area contributed by atoms with Gasteiger partial charge in [0.2, 0.25) is 0 Å². The Hall–Kier alpha value is -3.32. The van der Waals surface area contributed by atoms with E-state index in [0.29, 0.717) is 6.61 Å². The Kier molecular flexibility index (Phi) is 7.07. The summed E-state index contributed by atoms with van der Waals surface area (Å²) in [6.45, 7) is 4.79. The fourth-order valence-electron chi connectivity index (χ4n) is 3.24. The minimum absolute atomic E-state index is 0.266. The molecule has 0 saturated heterocycles. The second-order valence-electron chi connectivity index (χ2n) is 7.47. The number of aromatic nitrogens is 3. The van der Waals surface area contributed by atoms with E-state index < -0.39 is 6.09 Å². The van der Waals surface area contributed by atoms with Crippen molar-refractivity contribution in [3.05, 3.63) is 78.0 Å². The Morgan fingerprint density at radius 3 is 2.59 bits per heavy atom. The van der Waals surface area contributed by atoms with E-state index in [9.17, 15) is 4.79 Å². The van der Waals surface area contributed by atoms with E-state index in [2.05, 4.69) is 43.4 Å². The summed E-state index contributed by atoms with van der Waals surface area (Å²) in [6.07, 6.45) is 1.39. The predicted octanol–water partition coefficient (Wildman–Crippen LogP) is 5.88. The SMILES string of the molecule is CCCCOC(=O)NCc1c(-c2ccc(C)cc2)nc2ccc(Sc3ccccc3)nn12. The molecular formula is C25H26N4O2S. The molecule has 7 heteroatoms. The van der Waals surface area contributed by atoms with E-state index in [1.165, 1.54) is 5.56 Å². The van der Waals surface area contributed by atoms with Crippen molar-refractivity contribution < 1.29 is 9.53 Å². The second kappa shape index (κ2) is 10.3. The summed E-state index contributed by atoms with van der Waals surface area (Å²) in [5.41, 5.74) is 4.50. The molecule has 0 radical (unpaired) electrons. The Labute approximate surface area is 192 Å². The van der Waals surface area contributed by atoms with Gasteiger partial charge in [0, 0.05) is 10.5 Å². The molecular weight excluding hydrogens is 420 g/mol. The third-order valence-electron chi connectivity index (χ3n) is 4.97. The minimum Gasteiger partial charge on any atom is -0.450 e. The highest BCUT2D eigenvalue weighted by molar-refractivity contribution is 7.99. The Bertz CT molecular complexity index is 1190. The zero-order chi connectivity index (χ0) is 22.3. The van der Waals surface area contributed by atoms with Crippen molar-refractivity contribution in [2.45, 2.75) is 43.2 Å². The number of alkyl carbamates (subject to hydrolysis) is 1. The smallest absolute Gasteiger partial charge is 0.407 e. The Balaban J connectivity index is 1.66. The number of nitrogens with one attached hydrogen (secondary N) is 1. The van der Waals surface area contributed by atoms with E-state index in [-0.39, 0.29) is 6.54 Å². The van der Waals surface area contributed by atoms with Gasteiger partial charge >= 0.3 is 6.09 Å². The molecule has 0 unspecified atom stereocenters. The van der Waals surface area contributed by atoms with Crippen molar-refractivity contribution in [3.63, 3.8) is 0 Å². The highest BCUT2D eigenvalue weighted by Gasteiger charge is 2.17. The first-order valence-electron chi connectivity index (χ1n) is 10.7. The van der Waals surface area contributed by atoms with Crippen molar-refractivity contribution in [3.8, 4) is 11.3 Å². The first-order valence-corrected chi connectivity index (χ1v) is 11.5. The van der Waals surface area contributed by atoms with Gasteiger partial charge in [-0.05, 0) is 37.6 Å². The van der Waals surface area contributed by atoms with Crippen LogP contribution in [0.15, 0.2) is 76.7 Å². The van der Waals surface area contributed by atoms with Crippen molar-refractivity contribution in [2.75, 3.05) is 6.61 Å². The molecule has 2 aromatic carbocycles. The Morgan fingerprint density at radius 2 is 1.84 bits per heavy atom. The van der Waals surface area contributed by atoms with E-state index in [1.54, 1.807) is 11.8 Å². The predicted molar refractivity (Wildman–Crippen MR) is 127 cm³/mol. The van der Waals surface area contributed by atoms with E-state index in [4.69, 9.17) is 14.8 Å². The topological polar surface area (TPSA) is 68.5 Å². The summed E-state index contributed by atoms with van der Waals surface area (Å²) in [5, 5.41) is 8.52. The normalized spacial score (nSPS) is 10.9. The zero-order valence-electron chi connectivity index (χ0n) is 18.2. The Morgan fingerprint density at radius 1 is 1.06 bits per heavy atom. The fraction of sp³-hybridized carbons (Fsp3) is 0.240. The molecule has 0 spiro atoms. The summed E-state index contributed by atoms with van der Waals surface area (Å²) in [7, 11) is 0. The number of carbonyl (C=O) groups excluding carboxylic acids is 1. The lowest BCUT2D eigenvalue weighted by atomic mass is 10.1. The van der Waals surface area contributed by atoms with Gasteiger partial charge in [-0.25, -0.2) is 14.3 Å². The van der Waals surface area contributed by atoms with E-state index in [1.807, 2.05) is 47.0 Å². The van der Waals surface area contributed by atoms with Crippen LogP contribution in [0.2, 0.25) is 0 Å². The number of hydrogen-bond donors (Lipinski definition) is 1. The molecule has 1 N–H and O–H groups in total. The maximum absolute atomic E-state index is 12.2. The van der Waals surface area contributed by atoms with Crippen LogP contribution in [0.4, 0.5) is 4.79 Å². The van der Waals surface area contributed by atoms with Gasteiger partial charge in [0.1, 0.15) is 5.03 Å². The highest BCUT2D eigenvalue weighted by atomic mass is 32.2. The lowest BCUT2D eigenvalue weighted by Gasteiger charge is -2.09. The maximum Gasteiger partial charge on any atom is 0.407 e. The molecule has 0 aliphatic heterocycles. The van der Waals surface area contributed by atoms with Crippen molar-refractivity contribution in [1.82, 2.24) is 19.9 Å². The molecule has 4 rings (SSSR count). The van der Waals surface area contributed by atoms with Gasteiger partial charge in [-0.15, -0.1) is 0 Å². The maximum atomic E-state index is 12.2. The number of fused-ring (bicyclic) bond motifs is 1. The van der Waals surface area contributed by atoms with Crippen molar-refractivity contribution in [2.24, 2.45) is 0 Å². The van der Waals surface area contributed by atoms with Crippen LogP contribution in [-0.4, -0.2) is 27.3 Å². The number of carbonyl (C=O) groups is 1. The summed E-state index contributed by atoms with van der Waals surface area (Å²) in [6, 6.07) is 22.2. The molecule has 1 amide bonds. The van der Waals surface area contributed by atoms with Gasteiger partial charge in [-0.1, -0.05) is 73.1 Å². The van der Waals surface area contributed by atoms with Crippen LogP contribution in [0.3, 0.4) is 0 Å². The van der Waals surface area contributed by atoms with Gasteiger partial charge < -0.3 is 10.1 Å². The largest absolute Gasteiger partial charge is 0.450 e. The molecule has 164 valence electrons. The number of amides is 1. The van der Waals surface area contributed by atoms with Crippen LogP contribution in [0.25, 0.3) is 16.9 Å². The molecule has 4 aromatic rings. The molecule has 32 heavy (non-hydrogen) atoms. The highest BCUT2D eigenvalue weighted by Crippen LogP contribution is 2.28. The van der Waals surface area contributed by atoms with Gasteiger partial charge in [0.15, 0.2) is 5.65 Å². The van der Waals surface area contributed by atoms with Gasteiger partial charge in [-0.2, -0.15) is 5.10 Å². The van der Waals surface area contributed by atoms with Crippen LogP contribution >= 0.6 is 11.8 Å². The average Bonchev–Trinajstić information content (AvgIpc) is 3.17. The second-order valence-corrected chi connectivity index (χ2v) is 8.57. The number of aryl methyl sites for hydroxylation is 1. The third kappa shape index (κ3) is 5.29. The number of ether oxygens (including phenoxy) is 1. The summed E-state index contributed by atoms with van der Waals surface area (Å²) in [4.78, 5) is 18.1. The number of hydrogen-bond acceptors (Lipinski definition) is 5. The van der Waals surface area contributed by atoms with Crippen LogP contribution in [0.1, 0.15) is 31.0 Å². The molecule has 0 fully saturated rings.